The largest absolute Gasteiger partial charge is 0.323 e. The molecule has 7 heteroatoms. The molecule has 152 valence electrons. The Balaban J connectivity index is 1.47. The van der Waals surface area contributed by atoms with Crippen LogP contribution < -0.4 is 10.2 Å². The summed E-state index contributed by atoms with van der Waals surface area (Å²) in [6.07, 6.45) is 6.27. The molecule has 30 heavy (non-hydrogen) atoms. The van der Waals surface area contributed by atoms with Gasteiger partial charge in [0.1, 0.15) is 5.82 Å². The molecule has 2 amide bonds. The predicted octanol–water partition coefficient (Wildman–Crippen LogP) is 5.11. The number of rotatable bonds is 5. The number of anilines is 3. The number of hydrogen-bond donors (Lipinski definition) is 1. The van der Waals surface area contributed by atoms with Crippen molar-refractivity contribution in [2.45, 2.75) is 26.2 Å². The monoisotopic (exact) mass is 421 g/mol. The summed E-state index contributed by atoms with van der Waals surface area (Å²) in [6.45, 7) is 1.35. The second kappa shape index (κ2) is 8.59. The summed E-state index contributed by atoms with van der Waals surface area (Å²) in [5, 5.41) is 4.91. The SMILES string of the molecule is CC(=O)N(c1nc(C=CC(=O)Nc2ccc3c(c2)CCC3)cs1)c1ccccc1F. The van der Waals surface area contributed by atoms with Gasteiger partial charge in [-0.3, -0.25) is 14.5 Å². The molecule has 0 spiro atoms. The minimum Gasteiger partial charge on any atom is -0.323 e. The van der Waals surface area contributed by atoms with Gasteiger partial charge in [0.25, 0.3) is 0 Å². The third-order valence-corrected chi connectivity index (χ3v) is 5.72. The first-order valence-corrected chi connectivity index (χ1v) is 10.5. The number of nitrogens with zero attached hydrogens (tertiary/aromatic N) is 2. The van der Waals surface area contributed by atoms with Gasteiger partial charge in [0.2, 0.25) is 11.8 Å². The average molecular weight is 421 g/mol. The third kappa shape index (κ3) is 4.31. The van der Waals surface area contributed by atoms with Crippen molar-refractivity contribution in [3.63, 3.8) is 0 Å². The number of benzene rings is 2. The van der Waals surface area contributed by atoms with Crippen LogP contribution in [0.25, 0.3) is 6.08 Å². The van der Waals surface area contributed by atoms with Gasteiger partial charge in [0.05, 0.1) is 11.4 Å². The Morgan fingerprint density at radius 2 is 1.97 bits per heavy atom. The summed E-state index contributed by atoms with van der Waals surface area (Å²) in [5.74, 6) is -1.12. The number of nitrogens with one attached hydrogen (secondary N) is 1. The molecule has 4 rings (SSSR count). The van der Waals surface area contributed by atoms with Crippen LogP contribution in [0.4, 0.5) is 20.9 Å². The summed E-state index contributed by atoms with van der Waals surface area (Å²) in [6, 6.07) is 12.0. The second-order valence-electron chi connectivity index (χ2n) is 7.02. The molecule has 1 aliphatic carbocycles. The topological polar surface area (TPSA) is 62.3 Å². The lowest BCUT2D eigenvalue weighted by Gasteiger charge is -2.18. The van der Waals surface area contributed by atoms with Crippen LogP contribution >= 0.6 is 11.3 Å². The van der Waals surface area contributed by atoms with Crippen LogP contribution in [0.15, 0.2) is 53.9 Å². The van der Waals surface area contributed by atoms with Gasteiger partial charge in [-0.15, -0.1) is 11.3 Å². The van der Waals surface area contributed by atoms with Crippen molar-refractivity contribution in [3.05, 3.63) is 76.6 Å². The molecular weight excluding hydrogens is 401 g/mol. The first-order valence-electron chi connectivity index (χ1n) is 9.63. The summed E-state index contributed by atoms with van der Waals surface area (Å²) >= 11 is 1.20. The lowest BCUT2D eigenvalue weighted by atomic mass is 10.1. The number of carbonyl (C=O) groups excluding carboxylic acids is 2. The van der Waals surface area contributed by atoms with Gasteiger partial charge >= 0.3 is 0 Å². The Hall–Kier alpha value is -3.32. The first-order chi connectivity index (χ1) is 14.5. The summed E-state index contributed by atoms with van der Waals surface area (Å²) in [5.41, 5.74) is 4.07. The number of hydrogen-bond acceptors (Lipinski definition) is 4. The minimum atomic E-state index is -0.506. The van der Waals surface area contributed by atoms with Gasteiger partial charge in [0, 0.05) is 24.1 Å². The molecule has 5 nitrogen and oxygen atoms in total. The van der Waals surface area contributed by atoms with Crippen molar-refractivity contribution in [2.75, 3.05) is 10.2 Å². The maximum atomic E-state index is 14.2. The first kappa shape index (κ1) is 20.0. The molecule has 0 saturated heterocycles. The van der Waals surface area contributed by atoms with Crippen LogP contribution in [0.1, 0.15) is 30.2 Å². The van der Waals surface area contributed by atoms with Crippen LogP contribution in [0.5, 0.6) is 0 Å². The van der Waals surface area contributed by atoms with Crippen LogP contribution in [0.2, 0.25) is 0 Å². The fourth-order valence-electron chi connectivity index (χ4n) is 3.49. The molecule has 0 radical (unpaired) electrons. The van der Waals surface area contributed by atoms with Crippen molar-refractivity contribution >= 4 is 45.7 Å². The minimum absolute atomic E-state index is 0.143. The number of aromatic nitrogens is 1. The highest BCUT2D eigenvalue weighted by atomic mass is 32.1. The average Bonchev–Trinajstić information content (AvgIpc) is 3.37. The summed E-state index contributed by atoms with van der Waals surface area (Å²) in [4.78, 5) is 30.0. The van der Waals surface area contributed by atoms with E-state index >= 15 is 0 Å². The smallest absolute Gasteiger partial charge is 0.248 e. The molecule has 3 aromatic rings. The van der Waals surface area contributed by atoms with E-state index in [0.29, 0.717) is 10.8 Å². The van der Waals surface area contributed by atoms with Crippen molar-refractivity contribution in [3.8, 4) is 0 Å². The van der Waals surface area contributed by atoms with E-state index < -0.39 is 5.82 Å². The van der Waals surface area contributed by atoms with E-state index in [1.807, 2.05) is 12.1 Å². The Morgan fingerprint density at radius 3 is 2.77 bits per heavy atom. The number of halogens is 1. The van der Waals surface area contributed by atoms with E-state index in [1.54, 1.807) is 23.6 Å². The van der Waals surface area contributed by atoms with Crippen molar-refractivity contribution in [1.82, 2.24) is 4.98 Å². The number of carbonyl (C=O) groups is 2. The standard InChI is InChI=1S/C23H20FN3O2S/c1-15(28)27(21-8-3-2-7-20(21)24)23-26-19(14-30-23)11-12-22(29)25-18-10-9-16-5-4-6-17(16)13-18/h2-3,7-14H,4-6H2,1H3,(H,25,29). The van der Waals surface area contributed by atoms with Gasteiger partial charge in [-0.25, -0.2) is 9.37 Å². The number of thiazole rings is 1. The highest BCUT2D eigenvalue weighted by molar-refractivity contribution is 7.14. The maximum absolute atomic E-state index is 14.2. The van der Waals surface area contributed by atoms with Crippen LogP contribution in [0.3, 0.4) is 0 Å². The van der Waals surface area contributed by atoms with Crippen LogP contribution in [-0.4, -0.2) is 16.8 Å². The molecule has 0 atom stereocenters. The molecule has 0 bridgehead atoms. The normalized spacial score (nSPS) is 12.7. The molecule has 1 aliphatic rings. The van der Waals surface area contributed by atoms with Gasteiger partial charge in [0.15, 0.2) is 5.13 Å². The number of aryl methyl sites for hydroxylation is 2. The molecule has 1 heterocycles. The van der Waals surface area contributed by atoms with Crippen LogP contribution in [-0.2, 0) is 22.4 Å². The van der Waals surface area contributed by atoms with E-state index in [9.17, 15) is 14.0 Å². The van der Waals surface area contributed by atoms with E-state index in [2.05, 4.69) is 16.4 Å². The molecular formula is C23H20FN3O2S. The van der Waals surface area contributed by atoms with E-state index in [1.165, 1.54) is 52.5 Å². The quantitative estimate of drug-likeness (QED) is 0.583. The van der Waals surface area contributed by atoms with Gasteiger partial charge < -0.3 is 5.32 Å². The molecule has 1 N–H and O–H groups in total. The molecule has 0 fully saturated rings. The predicted molar refractivity (Wildman–Crippen MR) is 117 cm³/mol. The molecule has 0 aliphatic heterocycles. The van der Waals surface area contributed by atoms with Gasteiger partial charge in [-0.2, -0.15) is 0 Å². The van der Waals surface area contributed by atoms with Crippen LogP contribution in [0, 0.1) is 5.82 Å². The summed E-state index contributed by atoms with van der Waals surface area (Å²) < 4.78 is 14.2. The third-order valence-electron chi connectivity index (χ3n) is 4.88. The van der Waals surface area contributed by atoms with E-state index in [-0.39, 0.29) is 17.5 Å². The maximum Gasteiger partial charge on any atom is 0.248 e. The summed E-state index contributed by atoms with van der Waals surface area (Å²) in [7, 11) is 0. The number of fused-ring (bicyclic) bond motifs is 1. The van der Waals surface area contributed by atoms with Gasteiger partial charge in [-0.1, -0.05) is 18.2 Å². The molecule has 0 saturated carbocycles. The Bertz CT molecular complexity index is 1140. The Kier molecular flexibility index (Phi) is 5.72. The highest BCUT2D eigenvalue weighted by Gasteiger charge is 2.20. The Labute approximate surface area is 177 Å². The number of amides is 2. The zero-order valence-electron chi connectivity index (χ0n) is 16.4. The van der Waals surface area contributed by atoms with E-state index in [4.69, 9.17) is 0 Å². The molecule has 1 aromatic heterocycles. The molecule has 0 unspecified atom stereocenters. The lowest BCUT2D eigenvalue weighted by molar-refractivity contribution is -0.116. The van der Waals surface area contributed by atoms with Crippen molar-refractivity contribution < 1.29 is 14.0 Å². The highest BCUT2D eigenvalue weighted by Crippen LogP contribution is 2.31. The number of para-hydroxylation sites is 1. The van der Waals surface area contributed by atoms with E-state index in [0.717, 1.165) is 24.9 Å². The lowest BCUT2D eigenvalue weighted by Crippen LogP contribution is -2.23. The van der Waals surface area contributed by atoms with Gasteiger partial charge in [-0.05, 0) is 60.7 Å². The van der Waals surface area contributed by atoms with Crippen molar-refractivity contribution in [1.29, 1.82) is 0 Å². The second-order valence-corrected chi connectivity index (χ2v) is 7.86. The zero-order valence-corrected chi connectivity index (χ0v) is 17.2. The zero-order chi connectivity index (χ0) is 21.1. The Morgan fingerprint density at radius 1 is 1.17 bits per heavy atom. The fraction of sp³-hybridized carbons (Fsp3) is 0.174. The fourth-order valence-corrected chi connectivity index (χ4v) is 4.34. The molecule has 2 aromatic carbocycles. The van der Waals surface area contributed by atoms with Crippen molar-refractivity contribution in [2.24, 2.45) is 0 Å².